The van der Waals surface area contributed by atoms with Crippen molar-refractivity contribution in [1.82, 2.24) is 10.2 Å². The van der Waals surface area contributed by atoms with E-state index in [1.807, 2.05) is 0 Å². The van der Waals surface area contributed by atoms with Gasteiger partial charge in [0.25, 0.3) is 5.22 Å². The summed E-state index contributed by atoms with van der Waals surface area (Å²) >= 11 is 19.2. The first-order valence-corrected chi connectivity index (χ1v) is 10.2. The van der Waals surface area contributed by atoms with E-state index in [-0.39, 0.29) is 22.8 Å². The molecule has 3 aromatic rings. The number of nitrogens with one attached hydrogen (secondary N) is 1. The number of nitrogens with zero attached hydrogens (tertiary/aromatic N) is 2. The van der Waals surface area contributed by atoms with Crippen LogP contribution in [-0.2, 0) is 4.79 Å². The van der Waals surface area contributed by atoms with Crippen LogP contribution in [0.15, 0.2) is 40.0 Å². The lowest BCUT2D eigenvalue weighted by atomic mass is 10.2. The molecule has 0 radical (unpaired) electrons. The Morgan fingerprint density at radius 2 is 1.83 bits per heavy atom. The molecule has 0 aliphatic rings. The van der Waals surface area contributed by atoms with Crippen molar-refractivity contribution < 1.29 is 18.7 Å². The van der Waals surface area contributed by atoms with Gasteiger partial charge in [-0.1, -0.05) is 46.6 Å². The van der Waals surface area contributed by atoms with Gasteiger partial charge in [-0.15, -0.1) is 10.2 Å². The Hall–Kier alpha value is -2.13. The minimum absolute atomic E-state index is 0.0305. The molecule has 0 bridgehead atoms. The van der Waals surface area contributed by atoms with E-state index in [9.17, 15) is 4.79 Å². The van der Waals surface area contributed by atoms with Crippen LogP contribution in [0.1, 0.15) is 0 Å². The third-order valence-corrected chi connectivity index (χ3v) is 5.30. The normalized spacial score (nSPS) is 10.7. The Morgan fingerprint density at radius 3 is 2.52 bits per heavy atom. The molecule has 1 heterocycles. The average molecular weight is 475 g/mol. The molecule has 0 unspecified atom stereocenters. The minimum Gasteiger partial charge on any atom is -0.495 e. The summed E-state index contributed by atoms with van der Waals surface area (Å²) in [5.41, 5.74) is 0.973. The highest BCUT2D eigenvalue weighted by Crippen LogP contribution is 2.36. The molecule has 0 aliphatic carbocycles. The van der Waals surface area contributed by atoms with Crippen LogP contribution in [0.2, 0.25) is 15.1 Å². The zero-order chi connectivity index (χ0) is 21.0. The third-order valence-electron chi connectivity index (χ3n) is 3.64. The molecular formula is C18H14Cl3N3O4S. The zero-order valence-corrected chi connectivity index (χ0v) is 18.2. The van der Waals surface area contributed by atoms with Crippen molar-refractivity contribution in [2.24, 2.45) is 0 Å². The van der Waals surface area contributed by atoms with Crippen LogP contribution in [0.3, 0.4) is 0 Å². The maximum atomic E-state index is 12.3. The molecule has 11 heteroatoms. The van der Waals surface area contributed by atoms with Gasteiger partial charge in [-0.05, 0) is 24.3 Å². The number of hydrogen-bond acceptors (Lipinski definition) is 7. The van der Waals surface area contributed by atoms with Crippen LogP contribution >= 0.6 is 46.6 Å². The molecule has 1 N–H and O–H groups in total. The largest absolute Gasteiger partial charge is 0.495 e. The van der Waals surface area contributed by atoms with Gasteiger partial charge in [0.05, 0.1) is 41.3 Å². The predicted octanol–water partition coefficient (Wildman–Crippen LogP) is 5.44. The Morgan fingerprint density at radius 1 is 1.07 bits per heavy atom. The van der Waals surface area contributed by atoms with Crippen LogP contribution in [0.25, 0.3) is 11.5 Å². The van der Waals surface area contributed by atoms with E-state index in [4.69, 9.17) is 48.7 Å². The van der Waals surface area contributed by atoms with Gasteiger partial charge in [0, 0.05) is 11.1 Å². The van der Waals surface area contributed by atoms with Crippen molar-refractivity contribution in [3.8, 4) is 23.0 Å². The van der Waals surface area contributed by atoms with E-state index in [1.165, 1.54) is 14.2 Å². The third kappa shape index (κ3) is 5.27. The fourth-order valence-corrected chi connectivity index (χ4v) is 3.60. The number of aromatic nitrogens is 2. The first kappa shape index (κ1) is 21.6. The first-order valence-electron chi connectivity index (χ1n) is 8.04. The summed E-state index contributed by atoms with van der Waals surface area (Å²) in [5, 5.41) is 12.0. The van der Waals surface area contributed by atoms with Crippen LogP contribution in [0.5, 0.6) is 11.5 Å². The fraction of sp³-hybridized carbons (Fsp3) is 0.167. The van der Waals surface area contributed by atoms with Crippen molar-refractivity contribution >= 4 is 58.2 Å². The number of amides is 1. The Labute approximate surface area is 185 Å². The van der Waals surface area contributed by atoms with Gasteiger partial charge in [0.2, 0.25) is 11.8 Å². The summed E-state index contributed by atoms with van der Waals surface area (Å²) in [6, 6.07) is 8.07. The lowest BCUT2D eigenvalue weighted by molar-refractivity contribution is -0.113. The molecule has 0 fully saturated rings. The van der Waals surface area contributed by atoms with E-state index >= 15 is 0 Å². The van der Waals surface area contributed by atoms with Crippen molar-refractivity contribution in [3.05, 3.63) is 45.4 Å². The van der Waals surface area contributed by atoms with Crippen LogP contribution in [0.4, 0.5) is 5.69 Å². The minimum atomic E-state index is -0.307. The number of halogens is 3. The van der Waals surface area contributed by atoms with Crippen molar-refractivity contribution in [1.29, 1.82) is 0 Å². The van der Waals surface area contributed by atoms with Crippen LogP contribution < -0.4 is 14.8 Å². The molecule has 0 saturated heterocycles. The molecule has 0 spiro atoms. The first-order chi connectivity index (χ1) is 13.9. The van der Waals surface area contributed by atoms with Crippen molar-refractivity contribution in [2.75, 3.05) is 25.3 Å². The van der Waals surface area contributed by atoms with Crippen molar-refractivity contribution in [2.45, 2.75) is 5.22 Å². The number of thioether (sulfide) groups is 1. The number of carbonyl (C=O) groups is 1. The molecule has 0 atom stereocenters. The molecule has 2 aromatic carbocycles. The van der Waals surface area contributed by atoms with E-state index in [0.717, 1.165) is 11.8 Å². The quantitative estimate of drug-likeness (QED) is 0.456. The number of methoxy groups -OCH3 is 2. The van der Waals surface area contributed by atoms with Gasteiger partial charge in [-0.3, -0.25) is 4.79 Å². The smallest absolute Gasteiger partial charge is 0.277 e. The van der Waals surface area contributed by atoms with Crippen LogP contribution in [-0.4, -0.2) is 36.1 Å². The Bertz CT molecular complexity index is 1050. The molecule has 29 heavy (non-hydrogen) atoms. The topological polar surface area (TPSA) is 86.5 Å². The van der Waals surface area contributed by atoms with Gasteiger partial charge in [0.1, 0.15) is 11.5 Å². The SMILES string of the molecule is COc1cc(OC)c(NC(=O)CSc2nnc(-c3ccc(Cl)cc3Cl)o2)cc1Cl. The van der Waals surface area contributed by atoms with Gasteiger partial charge >= 0.3 is 0 Å². The maximum absolute atomic E-state index is 12.3. The summed E-state index contributed by atoms with van der Waals surface area (Å²) in [6.07, 6.45) is 0. The zero-order valence-electron chi connectivity index (χ0n) is 15.2. The highest BCUT2D eigenvalue weighted by molar-refractivity contribution is 7.99. The highest BCUT2D eigenvalue weighted by atomic mass is 35.5. The van der Waals surface area contributed by atoms with Gasteiger partial charge in [-0.2, -0.15) is 0 Å². The summed E-state index contributed by atoms with van der Waals surface area (Å²) in [5.74, 6) is 0.817. The number of ether oxygens (including phenoxy) is 2. The predicted molar refractivity (Wildman–Crippen MR) is 114 cm³/mol. The van der Waals surface area contributed by atoms with Gasteiger partial charge in [0.15, 0.2) is 0 Å². The molecule has 0 saturated carbocycles. The van der Waals surface area contributed by atoms with E-state index in [1.54, 1.807) is 30.3 Å². The average Bonchev–Trinajstić information content (AvgIpc) is 3.15. The second-order valence-electron chi connectivity index (χ2n) is 5.52. The summed E-state index contributed by atoms with van der Waals surface area (Å²) < 4.78 is 15.9. The standard InChI is InChI=1S/C18H14Cl3N3O4S/c1-26-14-7-15(27-2)13(6-12(14)21)22-16(25)8-29-18-24-23-17(28-18)10-4-3-9(19)5-11(10)20/h3-7H,8H2,1-2H3,(H,22,25). The molecule has 0 aliphatic heterocycles. The number of anilines is 1. The van der Waals surface area contributed by atoms with Crippen LogP contribution in [0, 0.1) is 0 Å². The molecule has 3 rings (SSSR count). The van der Waals surface area contributed by atoms with E-state index in [2.05, 4.69) is 15.5 Å². The lowest BCUT2D eigenvalue weighted by Gasteiger charge is -2.12. The molecule has 152 valence electrons. The summed E-state index contributed by atoms with van der Waals surface area (Å²) in [4.78, 5) is 12.3. The molecule has 7 nitrogen and oxygen atoms in total. The van der Waals surface area contributed by atoms with Gasteiger partial charge < -0.3 is 19.2 Å². The highest BCUT2D eigenvalue weighted by Gasteiger charge is 2.16. The van der Waals surface area contributed by atoms with Gasteiger partial charge in [-0.25, -0.2) is 0 Å². The summed E-state index contributed by atoms with van der Waals surface area (Å²) in [6.45, 7) is 0. The molecular weight excluding hydrogens is 461 g/mol. The number of hydrogen-bond donors (Lipinski definition) is 1. The maximum Gasteiger partial charge on any atom is 0.277 e. The number of rotatable bonds is 7. The number of benzene rings is 2. The Balaban J connectivity index is 1.65. The van der Waals surface area contributed by atoms with Crippen molar-refractivity contribution in [3.63, 3.8) is 0 Å². The number of carbonyl (C=O) groups excluding carboxylic acids is 1. The fourth-order valence-electron chi connectivity index (χ4n) is 2.31. The van der Waals surface area contributed by atoms with E-state index in [0.29, 0.717) is 37.8 Å². The second-order valence-corrected chi connectivity index (χ2v) is 7.70. The lowest BCUT2D eigenvalue weighted by Crippen LogP contribution is -2.14. The Kier molecular flexibility index (Phi) is 7.13. The monoisotopic (exact) mass is 473 g/mol. The summed E-state index contributed by atoms with van der Waals surface area (Å²) in [7, 11) is 2.97. The van der Waals surface area contributed by atoms with E-state index < -0.39 is 0 Å². The molecule has 1 amide bonds. The molecule has 1 aromatic heterocycles. The second kappa shape index (κ2) is 9.58.